The highest BCUT2D eigenvalue weighted by atomic mass is 79.9. The van der Waals surface area contributed by atoms with Crippen LogP contribution in [0.1, 0.15) is 10.4 Å². The molecule has 0 aliphatic rings. The smallest absolute Gasteiger partial charge is 0.265 e. The fourth-order valence-electron chi connectivity index (χ4n) is 1.61. The number of nitrogens with zero attached hydrogens (tertiary/aromatic N) is 1. The predicted molar refractivity (Wildman–Crippen MR) is 81.9 cm³/mol. The Morgan fingerprint density at radius 3 is 2.63 bits per heavy atom. The lowest BCUT2D eigenvalue weighted by Crippen LogP contribution is -2.24. The molecule has 0 bridgehead atoms. The van der Waals surface area contributed by atoms with E-state index in [9.17, 15) is 9.59 Å². The number of benzene rings is 1. The zero-order valence-electron chi connectivity index (χ0n) is 9.57. The van der Waals surface area contributed by atoms with Crippen LogP contribution < -0.4 is 5.56 Å². The molecule has 98 valence electrons. The summed E-state index contributed by atoms with van der Waals surface area (Å²) in [5, 5.41) is 0.384. The molecular formula is C13H8Br2ClNO2. The molecule has 0 saturated heterocycles. The zero-order chi connectivity index (χ0) is 14.0. The lowest BCUT2D eigenvalue weighted by Gasteiger charge is -2.07. The summed E-state index contributed by atoms with van der Waals surface area (Å²) >= 11 is 12.4. The Bertz CT molecular complexity index is 697. The van der Waals surface area contributed by atoms with E-state index in [2.05, 4.69) is 31.9 Å². The Labute approximate surface area is 131 Å². The van der Waals surface area contributed by atoms with Crippen molar-refractivity contribution in [1.29, 1.82) is 0 Å². The van der Waals surface area contributed by atoms with Crippen LogP contribution in [0.2, 0.25) is 5.02 Å². The second kappa shape index (κ2) is 6.03. The van der Waals surface area contributed by atoms with Crippen molar-refractivity contribution >= 4 is 49.2 Å². The van der Waals surface area contributed by atoms with E-state index < -0.39 is 0 Å². The number of aromatic nitrogens is 1. The maximum Gasteiger partial charge on any atom is 0.265 e. The summed E-state index contributed by atoms with van der Waals surface area (Å²) in [7, 11) is 0. The van der Waals surface area contributed by atoms with Crippen LogP contribution in [0.15, 0.2) is 50.3 Å². The number of hydrogen-bond acceptors (Lipinski definition) is 2. The molecule has 0 N–H and O–H groups in total. The molecule has 6 heteroatoms. The number of rotatable bonds is 3. The van der Waals surface area contributed by atoms with Crippen molar-refractivity contribution in [2.75, 3.05) is 0 Å². The van der Waals surface area contributed by atoms with E-state index in [1.54, 1.807) is 36.5 Å². The van der Waals surface area contributed by atoms with E-state index in [-0.39, 0.29) is 17.9 Å². The molecule has 0 radical (unpaired) electrons. The van der Waals surface area contributed by atoms with Gasteiger partial charge in [0.05, 0.1) is 16.0 Å². The highest BCUT2D eigenvalue weighted by Crippen LogP contribution is 2.17. The van der Waals surface area contributed by atoms with Gasteiger partial charge >= 0.3 is 0 Å². The molecule has 19 heavy (non-hydrogen) atoms. The van der Waals surface area contributed by atoms with E-state index >= 15 is 0 Å². The van der Waals surface area contributed by atoms with Crippen LogP contribution in [0.3, 0.4) is 0 Å². The quantitative estimate of drug-likeness (QED) is 0.727. The fraction of sp³-hybridized carbons (Fsp3) is 0.0769. The van der Waals surface area contributed by atoms with E-state index in [1.165, 1.54) is 4.57 Å². The van der Waals surface area contributed by atoms with Crippen molar-refractivity contribution in [3.05, 3.63) is 66.4 Å². The SMILES string of the molecule is O=C(Cn1cc(Br)cc(Br)c1=O)c1ccccc1Cl. The second-order valence-corrected chi connectivity index (χ2v) is 6.02. The summed E-state index contributed by atoms with van der Waals surface area (Å²) < 4.78 is 2.44. The van der Waals surface area contributed by atoms with Crippen molar-refractivity contribution in [1.82, 2.24) is 4.57 Å². The standard InChI is InChI=1S/C13H8Br2ClNO2/c14-8-5-10(15)13(19)17(6-8)7-12(18)9-3-1-2-4-11(9)16/h1-6H,7H2. The summed E-state index contributed by atoms with van der Waals surface area (Å²) in [5.74, 6) is -0.210. The van der Waals surface area contributed by atoms with E-state index in [1.807, 2.05) is 0 Å². The maximum absolute atomic E-state index is 12.1. The molecular weight excluding hydrogens is 397 g/mol. The van der Waals surface area contributed by atoms with Crippen molar-refractivity contribution in [2.24, 2.45) is 0 Å². The third-order valence-electron chi connectivity index (χ3n) is 2.50. The first kappa shape index (κ1) is 14.5. The maximum atomic E-state index is 12.1. The number of carbonyl (C=O) groups excluding carboxylic acids is 1. The molecule has 0 atom stereocenters. The van der Waals surface area contributed by atoms with Gasteiger partial charge in [-0.1, -0.05) is 23.7 Å². The van der Waals surface area contributed by atoms with Gasteiger partial charge in [-0.3, -0.25) is 9.59 Å². The minimum absolute atomic E-state index is 0.0550. The van der Waals surface area contributed by atoms with Crippen LogP contribution in [0.25, 0.3) is 0 Å². The zero-order valence-corrected chi connectivity index (χ0v) is 13.5. The van der Waals surface area contributed by atoms with Gasteiger partial charge in [-0.05, 0) is 50.1 Å². The molecule has 2 rings (SSSR count). The average molecular weight is 405 g/mol. The molecule has 0 aliphatic heterocycles. The number of carbonyl (C=O) groups is 1. The van der Waals surface area contributed by atoms with Gasteiger partial charge in [-0.25, -0.2) is 0 Å². The molecule has 0 aliphatic carbocycles. The molecule has 1 heterocycles. The van der Waals surface area contributed by atoms with Crippen LogP contribution in [-0.4, -0.2) is 10.4 Å². The van der Waals surface area contributed by atoms with Gasteiger partial charge in [0.15, 0.2) is 5.78 Å². The highest BCUT2D eigenvalue weighted by molar-refractivity contribution is 9.11. The third kappa shape index (κ3) is 3.35. The van der Waals surface area contributed by atoms with Crippen LogP contribution in [0.5, 0.6) is 0 Å². The Kier molecular flexibility index (Phi) is 4.60. The Morgan fingerprint density at radius 1 is 1.26 bits per heavy atom. The highest BCUT2D eigenvalue weighted by Gasteiger charge is 2.12. The summed E-state index contributed by atoms with van der Waals surface area (Å²) in [4.78, 5) is 24.0. The van der Waals surface area contributed by atoms with Crippen molar-refractivity contribution in [2.45, 2.75) is 6.54 Å². The molecule has 0 unspecified atom stereocenters. The summed E-state index contributed by atoms with van der Waals surface area (Å²) in [5.41, 5.74) is 0.149. The van der Waals surface area contributed by atoms with Crippen molar-refractivity contribution in [3.63, 3.8) is 0 Å². The van der Waals surface area contributed by atoms with Gasteiger partial charge in [-0.2, -0.15) is 0 Å². The topological polar surface area (TPSA) is 39.1 Å². The average Bonchev–Trinajstić information content (AvgIpc) is 2.35. The first-order chi connectivity index (χ1) is 8.99. The van der Waals surface area contributed by atoms with Crippen LogP contribution in [-0.2, 0) is 6.54 Å². The minimum atomic E-state index is -0.261. The number of Topliss-reactive ketones (excluding diaryl/α,β-unsaturated/α-hetero) is 1. The van der Waals surface area contributed by atoms with Gasteiger partial charge in [-0.15, -0.1) is 0 Å². The normalized spacial score (nSPS) is 10.5. The monoisotopic (exact) mass is 403 g/mol. The molecule has 2 aromatic rings. The number of pyridine rings is 1. The van der Waals surface area contributed by atoms with Gasteiger partial charge in [0, 0.05) is 16.2 Å². The summed E-state index contributed by atoms with van der Waals surface area (Å²) in [6, 6.07) is 8.41. The Hall–Kier alpha value is -0.910. The number of hydrogen-bond donors (Lipinski definition) is 0. The summed E-state index contributed by atoms with van der Waals surface area (Å²) in [6.07, 6.45) is 1.57. The van der Waals surface area contributed by atoms with Gasteiger partial charge < -0.3 is 4.57 Å². The predicted octanol–water partition coefficient (Wildman–Crippen LogP) is 3.91. The molecule has 0 saturated carbocycles. The van der Waals surface area contributed by atoms with Crippen LogP contribution in [0.4, 0.5) is 0 Å². The molecule has 0 spiro atoms. The van der Waals surface area contributed by atoms with E-state index in [0.717, 1.165) is 0 Å². The molecule has 1 aromatic heterocycles. The van der Waals surface area contributed by atoms with Gasteiger partial charge in [0.25, 0.3) is 5.56 Å². The summed E-state index contributed by atoms with van der Waals surface area (Å²) in [6.45, 7) is -0.0550. The lowest BCUT2D eigenvalue weighted by atomic mass is 10.1. The molecule has 0 fully saturated rings. The van der Waals surface area contributed by atoms with Crippen LogP contribution >= 0.6 is 43.5 Å². The Morgan fingerprint density at radius 2 is 1.95 bits per heavy atom. The van der Waals surface area contributed by atoms with Crippen molar-refractivity contribution in [3.8, 4) is 0 Å². The van der Waals surface area contributed by atoms with Crippen molar-refractivity contribution < 1.29 is 4.79 Å². The second-order valence-electron chi connectivity index (χ2n) is 3.84. The van der Waals surface area contributed by atoms with Gasteiger partial charge in [0.2, 0.25) is 0 Å². The fourth-order valence-corrected chi connectivity index (χ4v) is 3.11. The Balaban J connectivity index is 2.35. The van der Waals surface area contributed by atoms with Gasteiger partial charge in [0.1, 0.15) is 0 Å². The first-order valence-electron chi connectivity index (χ1n) is 5.32. The van der Waals surface area contributed by atoms with Crippen LogP contribution in [0, 0.1) is 0 Å². The molecule has 3 nitrogen and oxygen atoms in total. The lowest BCUT2D eigenvalue weighted by molar-refractivity contribution is 0.0971. The third-order valence-corrected chi connectivity index (χ3v) is 3.83. The molecule has 0 amide bonds. The number of halogens is 3. The van der Waals surface area contributed by atoms with E-state index in [4.69, 9.17) is 11.6 Å². The number of ketones is 1. The molecule has 1 aromatic carbocycles. The minimum Gasteiger partial charge on any atom is -0.306 e. The van der Waals surface area contributed by atoms with E-state index in [0.29, 0.717) is 19.5 Å². The first-order valence-corrected chi connectivity index (χ1v) is 7.28. The largest absolute Gasteiger partial charge is 0.306 e.